The Bertz CT molecular complexity index is 464. The highest BCUT2D eigenvalue weighted by Crippen LogP contribution is 2.32. The first-order valence-electron chi connectivity index (χ1n) is 5.56. The van der Waals surface area contributed by atoms with Crippen molar-refractivity contribution in [3.8, 4) is 0 Å². The molecule has 1 aromatic carbocycles. The fourth-order valence-electron chi connectivity index (χ4n) is 2.08. The minimum atomic E-state index is -0.299. The Kier molecular flexibility index (Phi) is 3.59. The van der Waals surface area contributed by atoms with Crippen molar-refractivity contribution in [2.75, 3.05) is 6.54 Å². The number of fused-ring (bicyclic) bond motifs is 1. The summed E-state index contributed by atoms with van der Waals surface area (Å²) < 4.78 is 1.29. The molecule has 2 atom stereocenters. The van der Waals surface area contributed by atoms with Crippen LogP contribution in [0.3, 0.4) is 0 Å². The standard InChI is InChI=1S/C13H17NOS/c1-9(15)6-10(7-14)12-8-16-13-5-3-2-4-11(12)13/h2-5,8-10,15H,6-7,14H2,1H3. The number of benzene rings is 1. The fraction of sp³-hybridized carbons (Fsp3) is 0.385. The van der Waals surface area contributed by atoms with E-state index in [0.717, 1.165) is 6.42 Å². The second-order valence-corrected chi connectivity index (χ2v) is 5.12. The molecule has 0 bridgehead atoms. The Morgan fingerprint density at radius 1 is 1.38 bits per heavy atom. The predicted molar refractivity (Wildman–Crippen MR) is 69.9 cm³/mol. The third-order valence-electron chi connectivity index (χ3n) is 2.86. The van der Waals surface area contributed by atoms with Crippen molar-refractivity contribution in [3.05, 3.63) is 35.2 Å². The highest BCUT2D eigenvalue weighted by atomic mass is 32.1. The van der Waals surface area contributed by atoms with Crippen molar-refractivity contribution in [1.29, 1.82) is 0 Å². The quantitative estimate of drug-likeness (QED) is 0.856. The summed E-state index contributed by atoms with van der Waals surface area (Å²) in [5.41, 5.74) is 7.08. The lowest BCUT2D eigenvalue weighted by Crippen LogP contribution is -2.17. The SMILES string of the molecule is CC(O)CC(CN)c1csc2ccccc12. The first kappa shape index (κ1) is 11.6. The van der Waals surface area contributed by atoms with E-state index in [1.54, 1.807) is 11.3 Å². The molecule has 3 N–H and O–H groups in total. The Morgan fingerprint density at radius 2 is 2.12 bits per heavy atom. The molecular weight excluding hydrogens is 218 g/mol. The van der Waals surface area contributed by atoms with E-state index in [0.29, 0.717) is 6.54 Å². The van der Waals surface area contributed by atoms with Gasteiger partial charge in [-0.3, -0.25) is 0 Å². The Hall–Kier alpha value is -0.900. The molecule has 0 aliphatic carbocycles. The second kappa shape index (κ2) is 4.95. The minimum absolute atomic E-state index is 0.260. The van der Waals surface area contributed by atoms with Gasteiger partial charge in [0.05, 0.1) is 6.10 Å². The topological polar surface area (TPSA) is 46.2 Å². The van der Waals surface area contributed by atoms with E-state index in [2.05, 4.69) is 29.6 Å². The van der Waals surface area contributed by atoms with E-state index < -0.39 is 0 Å². The molecule has 0 fully saturated rings. The van der Waals surface area contributed by atoms with Crippen LogP contribution in [0.2, 0.25) is 0 Å². The van der Waals surface area contributed by atoms with Gasteiger partial charge >= 0.3 is 0 Å². The van der Waals surface area contributed by atoms with Crippen molar-refractivity contribution in [1.82, 2.24) is 0 Å². The van der Waals surface area contributed by atoms with Crippen LogP contribution in [0.1, 0.15) is 24.8 Å². The largest absolute Gasteiger partial charge is 0.393 e. The van der Waals surface area contributed by atoms with Gasteiger partial charge in [0.2, 0.25) is 0 Å². The van der Waals surface area contributed by atoms with Gasteiger partial charge in [-0.15, -0.1) is 11.3 Å². The first-order chi connectivity index (χ1) is 7.72. The molecular formula is C13H17NOS. The lowest BCUT2D eigenvalue weighted by Gasteiger charge is -2.15. The van der Waals surface area contributed by atoms with E-state index in [-0.39, 0.29) is 12.0 Å². The maximum absolute atomic E-state index is 9.47. The van der Waals surface area contributed by atoms with Crippen LogP contribution in [0.5, 0.6) is 0 Å². The third kappa shape index (κ3) is 2.26. The van der Waals surface area contributed by atoms with Gasteiger partial charge in [-0.05, 0) is 48.2 Å². The maximum Gasteiger partial charge on any atom is 0.0518 e. The number of aliphatic hydroxyl groups excluding tert-OH is 1. The summed E-state index contributed by atoms with van der Waals surface area (Å²) in [6.45, 7) is 2.41. The van der Waals surface area contributed by atoms with Gasteiger partial charge < -0.3 is 10.8 Å². The molecule has 0 aliphatic heterocycles. The fourth-order valence-corrected chi connectivity index (χ4v) is 3.12. The van der Waals surface area contributed by atoms with Gasteiger partial charge in [-0.1, -0.05) is 18.2 Å². The molecule has 3 heteroatoms. The van der Waals surface area contributed by atoms with Crippen LogP contribution in [0, 0.1) is 0 Å². The van der Waals surface area contributed by atoms with E-state index in [4.69, 9.17) is 5.73 Å². The van der Waals surface area contributed by atoms with Gasteiger partial charge in [0, 0.05) is 4.70 Å². The summed E-state index contributed by atoms with van der Waals surface area (Å²) in [6.07, 6.45) is 0.434. The zero-order chi connectivity index (χ0) is 11.5. The summed E-state index contributed by atoms with van der Waals surface area (Å²) in [4.78, 5) is 0. The molecule has 0 saturated heterocycles. The smallest absolute Gasteiger partial charge is 0.0518 e. The van der Waals surface area contributed by atoms with Crippen molar-refractivity contribution in [2.45, 2.75) is 25.4 Å². The van der Waals surface area contributed by atoms with E-state index in [1.807, 2.05) is 6.92 Å². The number of thiophene rings is 1. The zero-order valence-electron chi connectivity index (χ0n) is 9.39. The van der Waals surface area contributed by atoms with Crippen molar-refractivity contribution < 1.29 is 5.11 Å². The third-order valence-corrected chi connectivity index (χ3v) is 3.84. The number of rotatable bonds is 4. The average Bonchev–Trinajstić information content (AvgIpc) is 2.69. The highest BCUT2D eigenvalue weighted by molar-refractivity contribution is 7.17. The van der Waals surface area contributed by atoms with Gasteiger partial charge in [0.15, 0.2) is 0 Å². The molecule has 16 heavy (non-hydrogen) atoms. The van der Waals surface area contributed by atoms with E-state index in [1.165, 1.54) is 15.6 Å². The molecule has 2 nitrogen and oxygen atoms in total. The number of nitrogens with two attached hydrogens (primary N) is 1. The lowest BCUT2D eigenvalue weighted by molar-refractivity contribution is 0.175. The minimum Gasteiger partial charge on any atom is -0.393 e. The summed E-state index contributed by atoms with van der Waals surface area (Å²) in [5, 5.41) is 12.9. The monoisotopic (exact) mass is 235 g/mol. The summed E-state index contributed by atoms with van der Waals surface area (Å²) in [7, 11) is 0. The van der Waals surface area contributed by atoms with E-state index >= 15 is 0 Å². The molecule has 1 aromatic heterocycles. The van der Waals surface area contributed by atoms with Gasteiger partial charge in [0.1, 0.15) is 0 Å². The Morgan fingerprint density at radius 3 is 2.81 bits per heavy atom. The number of hydrogen-bond acceptors (Lipinski definition) is 3. The van der Waals surface area contributed by atoms with Crippen LogP contribution in [-0.4, -0.2) is 17.8 Å². The van der Waals surface area contributed by atoms with Crippen LogP contribution < -0.4 is 5.73 Å². The van der Waals surface area contributed by atoms with Crippen LogP contribution in [0.15, 0.2) is 29.6 Å². The molecule has 0 aliphatic rings. The van der Waals surface area contributed by atoms with Gasteiger partial charge in [0.25, 0.3) is 0 Å². The molecule has 1 heterocycles. The van der Waals surface area contributed by atoms with E-state index in [9.17, 15) is 5.11 Å². The molecule has 2 rings (SSSR count). The highest BCUT2D eigenvalue weighted by Gasteiger charge is 2.16. The van der Waals surface area contributed by atoms with Crippen LogP contribution >= 0.6 is 11.3 Å². The van der Waals surface area contributed by atoms with Crippen LogP contribution in [-0.2, 0) is 0 Å². The second-order valence-electron chi connectivity index (χ2n) is 4.20. The van der Waals surface area contributed by atoms with Gasteiger partial charge in [-0.2, -0.15) is 0 Å². The van der Waals surface area contributed by atoms with Crippen LogP contribution in [0.4, 0.5) is 0 Å². The molecule has 0 radical (unpaired) electrons. The van der Waals surface area contributed by atoms with Crippen LogP contribution in [0.25, 0.3) is 10.1 Å². The Labute approximate surface area is 99.7 Å². The molecule has 0 spiro atoms. The summed E-state index contributed by atoms with van der Waals surface area (Å²) in [6, 6.07) is 8.36. The predicted octanol–water partition coefficient (Wildman–Crippen LogP) is 2.71. The number of aliphatic hydroxyl groups is 1. The number of hydrogen-bond donors (Lipinski definition) is 2. The maximum atomic E-state index is 9.47. The average molecular weight is 235 g/mol. The molecule has 0 amide bonds. The summed E-state index contributed by atoms with van der Waals surface area (Å²) >= 11 is 1.75. The van der Waals surface area contributed by atoms with Crippen molar-refractivity contribution in [2.24, 2.45) is 5.73 Å². The normalized spacial score (nSPS) is 15.2. The zero-order valence-corrected chi connectivity index (χ0v) is 10.2. The first-order valence-corrected chi connectivity index (χ1v) is 6.44. The summed E-state index contributed by atoms with van der Waals surface area (Å²) in [5.74, 6) is 0.260. The molecule has 2 unspecified atom stereocenters. The van der Waals surface area contributed by atoms with Crippen molar-refractivity contribution >= 4 is 21.4 Å². The molecule has 86 valence electrons. The Balaban J connectivity index is 2.37. The molecule has 0 saturated carbocycles. The lowest BCUT2D eigenvalue weighted by atomic mass is 9.93. The molecule has 2 aromatic rings. The van der Waals surface area contributed by atoms with Crippen molar-refractivity contribution in [3.63, 3.8) is 0 Å². The van der Waals surface area contributed by atoms with Gasteiger partial charge in [-0.25, -0.2) is 0 Å².